The van der Waals surface area contributed by atoms with E-state index >= 15 is 0 Å². The number of hydrogen-bond donors (Lipinski definition) is 2. The van der Waals surface area contributed by atoms with E-state index in [9.17, 15) is 14.4 Å². The van der Waals surface area contributed by atoms with Gasteiger partial charge in [-0.2, -0.15) is 0 Å². The number of nitrogens with one attached hydrogen (secondary N) is 1. The van der Waals surface area contributed by atoms with Gasteiger partial charge in [0.05, 0.1) is 12.5 Å². The maximum absolute atomic E-state index is 12.0. The van der Waals surface area contributed by atoms with E-state index in [1.54, 1.807) is 6.20 Å². The summed E-state index contributed by atoms with van der Waals surface area (Å²) in [5.74, 6) is -0.602. The molecule has 4 rings (SSSR count). The molecule has 8 heteroatoms. The number of piperidine rings is 2. The number of anilines is 1. The molecule has 8 nitrogen and oxygen atoms in total. The maximum Gasteiger partial charge on any atom is 0.317 e. The Hall–Kier alpha value is -2.48. The lowest BCUT2D eigenvalue weighted by atomic mass is 9.72. The summed E-state index contributed by atoms with van der Waals surface area (Å²) in [6, 6.07) is 3.88. The van der Waals surface area contributed by atoms with Gasteiger partial charge < -0.3 is 10.0 Å². The van der Waals surface area contributed by atoms with Gasteiger partial charge in [0.25, 0.3) is 0 Å². The predicted octanol–water partition coefficient (Wildman–Crippen LogP) is 0.589. The van der Waals surface area contributed by atoms with Crippen LogP contribution < -0.4 is 10.2 Å². The zero-order valence-corrected chi connectivity index (χ0v) is 15.2. The van der Waals surface area contributed by atoms with E-state index in [4.69, 9.17) is 5.11 Å². The molecule has 1 aromatic rings. The second kappa shape index (κ2) is 6.92. The molecule has 3 saturated heterocycles. The number of carboxylic acids is 1. The number of pyridine rings is 1. The SMILES string of the molecule is O=C(O)CN1CCC2(CC1)CN(c1ccc(C3CCC(=O)NC3=O)cn1)C2. The Morgan fingerprint density at radius 1 is 1.26 bits per heavy atom. The molecule has 1 spiro atoms. The first-order valence-electron chi connectivity index (χ1n) is 9.43. The molecular weight excluding hydrogens is 348 g/mol. The summed E-state index contributed by atoms with van der Waals surface area (Å²) >= 11 is 0. The van der Waals surface area contributed by atoms with Crippen molar-refractivity contribution in [2.45, 2.75) is 31.6 Å². The smallest absolute Gasteiger partial charge is 0.317 e. The molecule has 3 aliphatic heterocycles. The van der Waals surface area contributed by atoms with Crippen LogP contribution in [0, 0.1) is 5.41 Å². The number of likely N-dealkylation sites (tertiary alicyclic amines) is 1. The highest BCUT2D eigenvalue weighted by atomic mass is 16.4. The number of rotatable bonds is 4. The Labute approximate surface area is 157 Å². The Bertz CT molecular complexity index is 747. The number of aromatic nitrogens is 1. The molecule has 1 atom stereocenters. The van der Waals surface area contributed by atoms with Crippen molar-refractivity contribution in [1.29, 1.82) is 0 Å². The van der Waals surface area contributed by atoms with Crippen LogP contribution in [-0.2, 0) is 14.4 Å². The quantitative estimate of drug-likeness (QED) is 0.746. The minimum absolute atomic E-state index is 0.128. The highest BCUT2D eigenvalue weighted by Crippen LogP contribution is 2.42. The number of imide groups is 1. The Morgan fingerprint density at radius 3 is 2.59 bits per heavy atom. The van der Waals surface area contributed by atoms with Gasteiger partial charge in [-0.3, -0.25) is 24.6 Å². The summed E-state index contributed by atoms with van der Waals surface area (Å²) in [5.41, 5.74) is 1.12. The van der Waals surface area contributed by atoms with Gasteiger partial charge in [-0.1, -0.05) is 6.07 Å². The van der Waals surface area contributed by atoms with Crippen LogP contribution in [-0.4, -0.2) is 65.5 Å². The molecule has 27 heavy (non-hydrogen) atoms. The van der Waals surface area contributed by atoms with Gasteiger partial charge >= 0.3 is 5.97 Å². The van der Waals surface area contributed by atoms with Gasteiger partial charge in [-0.05, 0) is 44.0 Å². The number of carbonyl (C=O) groups excluding carboxylic acids is 2. The molecule has 0 radical (unpaired) electrons. The van der Waals surface area contributed by atoms with Crippen LogP contribution in [0.25, 0.3) is 0 Å². The molecule has 0 aromatic carbocycles. The van der Waals surface area contributed by atoms with Crippen LogP contribution in [0.15, 0.2) is 18.3 Å². The van der Waals surface area contributed by atoms with Crippen molar-refractivity contribution in [1.82, 2.24) is 15.2 Å². The van der Waals surface area contributed by atoms with Crippen LogP contribution in [0.4, 0.5) is 5.82 Å². The molecule has 3 aliphatic rings. The number of nitrogens with zero attached hydrogens (tertiary/aromatic N) is 3. The number of carbonyl (C=O) groups is 3. The predicted molar refractivity (Wildman–Crippen MR) is 97.3 cm³/mol. The summed E-state index contributed by atoms with van der Waals surface area (Å²) < 4.78 is 0. The molecule has 3 fully saturated rings. The highest BCUT2D eigenvalue weighted by molar-refractivity contribution is 6.00. The molecule has 2 amide bonds. The van der Waals surface area contributed by atoms with Crippen molar-refractivity contribution in [2.24, 2.45) is 5.41 Å². The summed E-state index contributed by atoms with van der Waals surface area (Å²) in [6.07, 6.45) is 4.68. The fourth-order valence-corrected chi connectivity index (χ4v) is 4.42. The van der Waals surface area contributed by atoms with E-state index < -0.39 is 5.97 Å². The maximum atomic E-state index is 12.0. The van der Waals surface area contributed by atoms with E-state index in [0.29, 0.717) is 12.8 Å². The fourth-order valence-electron chi connectivity index (χ4n) is 4.42. The lowest BCUT2D eigenvalue weighted by Crippen LogP contribution is -2.61. The van der Waals surface area contributed by atoms with E-state index in [0.717, 1.165) is 50.4 Å². The fraction of sp³-hybridized carbons (Fsp3) is 0.579. The first kappa shape index (κ1) is 17.9. The first-order chi connectivity index (χ1) is 12.9. The minimum atomic E-state index is -0.763. The molecule has 4 heterocycles. The topological polar surface area (TPSA) is 103 Å². The van der Waals surface area contributed by atoms with Gasteiger partial charge in [0.2, 0.25) is 11.8 Å². The normalized spacial score (nSPS) is 25.2. The van der Waals surface area contributed by atoms with E-state index in [2.05, 4.69) is 15.2 Å². The van der Waals surface area contributed by atoms with Crippen molar-refractivity contribution in [3.8, 4) is 0 Å². The Morgan fingerprint density at radius 2 is 2.00 bits per heavy atom. The largest absolute Gasteiger partial charge is 0.480 e. The minimum Gasteiger partial charge on any atom is -0.480 e. The van der Waals surface area contributed by atoms with Gasteiger partial charge in [0.1, 0.15) is 5.82 Å². The van der Waals surface area contributed by atoms with E-state index in [1.165, 1.54) is 0 Å². The standard InChI is InChI=1S/C19H24N4O4/c24-16-4-2-14(18(27)21-16)13-1-3-15(20-9-13)23-11-19(12-23)5-7-22(8-6-19)10-17(25)26/h1,3,9,14H,2,4-8,10-12H2,(H,25,26)(H,21,24,27). The molecular formula is C19H24N4O4. The van der Waals surface area contributed by atoms with Crippen LogP contribution in [0.1, 0.15) is 37.2 Å². The van der Waals surface area contributed by atoms with E-state index in [1.807, 2.05) is 17.0 Å². The Balaban J connectivity index is 1.32. The van der Waals surface area contributed by atoms with Crippen molar-refractivity contribution in [3.05, 3.63) is 23.9 Å². The summed E-state index contributed by atoms with van der Waals surface area (Å²) in [6.45, 7) is 3.69. The number of aliphatic carboxylic acids is 1. The molecule has 144 valence electrons. The Kier molecular flexibility index (Phi) is 4.59. The van der Waals surface area contributed by atoms with Gasteiger partial charge in [0, 0.05) is 31.1 Å². The average molecular weight is 372 g/mol. The number of amides is 2. The molecule has 0 aliphatic carbocycles. The monoisotopic (exact) mass is 372 g/mol. The third-order valence-corrected chi connectivity index (χ3v) is 6.06. The van der Waals surface area contributed by atoms with Gasteiger partial charge in [-0.25, -0.2) is 4.98 Å². The summed E-state index contributed by atoms with van der Waals surface area (Å²) in [5, 5.41) is 11.3. The molecule has 1 aromatic heterocycles. The third kappa shape index (κ3) is 3.66. The van der Waals surface area contributed by atoms with Crippen molar-refractivity contribution < 1.29 is 19.5 Å². The van der Waals surface area contributed by atoms with Crippen LogP contribution in [0.2, 0.25) is 0 Å². The molecule has 0 bridgehead atoms. The van der Waals surface area contributed by atoms with Crippen LogP contribution >= 0.6 is 0 Å². The average Bonchev–Trinajstić information content (AvgIpc) is 2.61. The first-order valence-corrected chi connectivity index (χ1v) is 9.43. The van der Waals surface area contributed by atoms with Crippen molar-refractivity contribution in [3.63, 3.8) is 0 Å². The third-order valence-electron chi connectivity index (χ3n) is 6.06. The zero-order chi connectivity index (χ0) is 19.0. The second-order valence-corrected chi connectivity index (χ2v) is 7.98. The lowest BCUT2D eigenvalue weighted by Gasteiger charge is -2.54. The van der Waals surface area contributed by atoms with Gasteiger partial charge in [0.15, 0.2) is 0 Å². The number of carboxylic acid groups (broad SMARTS) is 1. The van der Waals surface area contributed by atoms with E-state index in [-0.39, 0.29) is 29.7 Å². The van der Waals surface area contributed by atoms with Crippen molar-refractivity contribution in [2.75, 3.05) is 37.6 Å². The number of hydrogen-bond acceptors (Lipinski definition) is 6. The molecule has 2 N–H and O–H groups in total. The lowest BCUT2D eigenvalue weighted by molar-refractivity contribution is -0.139. The highest BCUT2D eigenvalue weighted by Gasteiger charge is 2.45. The van der Waals surface area contributed by atoms with Crippen LogP contribution in [0.3, 0.4) is 0 Å². The second-order valence-electron chi connectivity index (χ2n) is 7.98. The van der Waals surface area contributed by atoms with Gasteiger partial charge in [-0.15, -0.1) is 0 Å². The molecule has 0 saturated carbocycles. The molecule has 1 unspecified atom stereocenters. The van der Waals surface area contributed by atoms with Crippen LogP contribution in [0.5, 0.6) is 0 Å². The zero-order valence-electron chi connectivity index (χ0n) is 15.2. The summed E-state index contributed by atoms with van der Waals surface area (Å²) in [4.78, 5) is 42.9. The summed E-state index contributed by atoms with van der Waals surface area (Å²) in [7, 11) is 0. The van der Waals surface area contributed by atoms with Crippen molar-refractivity contribution >= 4 is 23.6 Å².